The molecular formula is C23H46O2. The zero-order valence-electron chi connectivity index (χ0n) is 17.2. The van der Waals surface area contributed by atoms with Gasteiger partial charge in [-0.1, -0.05) is 110 Å². The standard InChI is InChI=1S/C23H46O2/c1-2-3-4-5-6-7-8-9-10-11-12-13-14-15-16-17-19-22(24)23-20-18-21-25-23/h22-24H,2-21H2,1H3. The summed E-state index contributed by atoms with van der Waals surface area (Å²) in [6, 6.07) is 0. The second kappa shape index (κ2) is 17.3. The summed E-state index contributed by atoms with van der Waals surface area (Å²) >= 11 is 0. The Hall–Kier alpha value is -0.0800. The first-order chi connectivity index (χ1) is 12.3. The molecule has 2 heteroatoms. The summed E-state index contributed by atoms with van der Waals surface area (Å²) in [4.78, 5) is 0. The van der Waals surface area contributed by atoms with E-state index in [0.29, 0.717) is 0 Å². The summed E-state index contributed by atoms with van der Waals surface area (Å²) in [7, 11) is 0. The summed E-state index contributed by atoms with van der Waals surface area (Å²) in [5, 5.41) is 10.0. The predicted molar refractivity (Wildman–Crippen MR) is 109 cm³/mol. The number of hydrogen-bond donors (Lipinski definition) is 1. The molecule has 2 atom stereocenters. The van der Waals surface area contributed by atoms with Crippen LogP contribution in [0, 0.1) is 0 Å². The van der Waals surface area contributed by atoms with Crippen LogP contribution in [0.4, 0.5) is 0 Å². The zero-order chi connectivity index (χ0) is 18.0. The molecule has 0 aromatic rings. The second-order valence-corrected chi connectivity index (χ2v) is 8.21. The molecule has 2 unspecified atom stereocenters. The van der Waals surface area contributed by atoms with E-state index in [-0.39, 0.29) is 12.2 Å². The molecule has 1 rings (SSSR count). The second-order valence-electron chi connectivity index (χ2n) is 8.21. The van der Waals surface area contributed by atoms with Crippen molar-refractivity contribution in [2.45, 2.75) is 141 Å². The van der Waals surface area contributed by atoms with E-state index in [1.807, 2.05) is 0 Å². The van der Waals surface area contributed by atoms with E-state index in [1.165, 1.54) is 103 Å². The Morgan fingerprint density at radius 1 is 0.720 bits per heavy atom. The van der Waals surface area contributed by atoms with Crippen LogP contribution in [0.1, 0.15) is 129 Å². The molecule has 1 fully saturated rings. The van der Waals surface area contributed by atoms with Crippen LogP contribution >= 0.6 is 0 Å². The van der Waals surface area contributed by atoms with Crippen molar-refractivity contribution in [3.05, 3.63) is 0 Å². The van der Waals surface area contributed by atoms with Crippen LogP contribution in [0.3, 0.4) is 0 Å². The van der Waals surface area contributed by atoms with Crippen LogP contribution in [0.15, 0.2) is 0 Å². The normalized spacial score (nSPS) is 18.7. The summed E-state index contributed by atoms with van der Waals surface area (Å²) in [5.41, 5.74) is 0. The van der Waals surface area contributed by atoms with Crippen LogP contribution in [-0.4, -0.2) is 23.9 Å². The number of rotatable bonds is 18. The zero-order valence-corrected chi connectivity index (χ0v) is 17.2. The van der Waals surface area contributed by atoms with Crippen molar-refractivity contribution in [3.8, 4) is 0 Å². The number of aliphatic hydroxyl groups is 1. The van der Waals surface area contributed by atoms with Gasteiger partial charge in [0, 0.05) is 6.61 Å². The van der Waals surface area contributed by atoms with Crippen LogP contribution in [0.25, 0.3) is 0 Å². The summed E-state index contributed by atoms with van der Waals surface area (Å²) in [6.45, 7) is 3.14. The molecule has 0 saturated carbocycles. The van der Waals surface area contributed by atoms with Crippen molar-refractivity contribution in [2.24, 2.45) is 0 Å². The molecule has 0 amide bonds. The average Bonchev–Trinajstić information content (AvgIpc) is 3.16. The van der Waals surface area contributed by atoms with E-state index in [0.717, 1.165) is 25.9 Å². The quantitative estimate of drug-likeness (QED) is 0.264. The van der Waals surface area contributed by atoms with Gasteiger partial charge in [0.15, 0.2) is 0 Å². The highest BCUT2D eigenvalue weighted by Gasteiger charge is 2.23. The summed E-state index contributed by atoms with van der Waals surface area (Å²) in [6.07, 6.45) is 25.4. The minimum Gasteiger partial charge on any atom is -0.390 e. The van der Waals surface area contributed by atoms with E-state index < -0.39 is 0 Å². The topological polar surface area (TPSA) is 29.5 Å². The Morgan fingerprint density at radius 2 is 1.16 bits per heavy atom. The van der Waals surface area contributed by atoms with E-state index in [1.54, 1.807) is 0 Å². The average molecular weight is 355 g/mol. The van der Waals surface area contributed by atoms with Gasteiger partial charge in [0.05, 0.1) is 12.2 Å². The van der Waals surface area contributed by atoms with Gasteiger partial charge in [0.25, 0.3) is 0 Å². The SMILES string of the molecule is CCCCCCCCCCCCCCCCCCC(O)C1CCCO1. The first-order valence-corrected chi connectivity index (χ1v) is 11.6. The predicted octanol–water partition coefficient (Wildman–Crippen LogP) is 7.18. The molecule has 0 aliphatic carbocycles. The van der Waals surface area contributed by atoms with Gasteiger partial charge in [0.1, 0.15) is 0 Å². The highest BCUT2D eigenvalue weighted by Crippen LogP contribution is 2.20. The molecule has 25 heavy (non-hydrogen) atoms. The van der Waals surface area contributed by atoms with E-state index in [4.69, 9.17) is 4.74 Å². The van der Waals surface area contributed by atoms with E-state index in [2.05, 4.69) is 6.92 Å². The monoisotopic (exact) mass is 354 g/mol. The smallest absolute Gasteiger partial charge is 0.0834 e. The minimum atomic E-state index is -0.214. The van der Waals surface area contributed by atoms with Crippen molar-refractivity contribution in [3.63, 3.8) is 0 Å². The van der Waals surface area contributed by atoms with Crippen molar-refractivity contribution < 1.29 is 9.84 Å². The Morgan fingerprint density at radius 3 is 1.56 bits per heavy atom. The van der Waals surface area contributed by atoms with Gasteiger partial charge in [-0.15, -0.1) is 0 Å². The summed E-state index contributed by atoms with van der Waals surface area (Å²) in [5.74, 6) is 0. The molecule has 0 aromatic carbocycles. The van der Waals surface area contributed by atoms with Crippen LogP contribution in [-0.2, 0) is 4.74 Å². The number of ether oxygens (including phenoxy) is 1. The number of aliphatic hydroxyl groups excluding tert-OH is 1. The third-order valence-electron chi connectivity index (χ3n) is 5.75. The van der Waals surface area contributed by atoms with Gasteiger partial charge >= 0.3 is 0 Å². The fourth-order valence-corrected chi connectivity index (χ4v) is 3.99. The van der Waals surface area contributed by atoms with Gasteiger partial charge in [-0.2, -0.15) is 0 Å². The maximum Gasteiger partial charge on any atom is 0.0834 e. The van der Waals surface area contributed by atoms with Crippen molar-refractivity contribution in [1.29, 1.82) is 0 Å². The van der Waals surface area contributed by atoms with Gasteiger partial charge in [-0.25, -0.2) is 0 Å². The van der Waals surface area contributed by atoms with Gasteiger partial charge in [-0.3, -0.25) is 0 Å². The molecule has 1 N–H and O–H groups in total. The van der Waals surface area contributed by atoms with Gasteiger partial charge in [-0.05, 0) is 19.3 Å². The lowest BCUT2D eigenvalue weighted by atomic mass is 10.0. The Balaban J connectivity index is 1.69. The van der Waals surface area contributed by atoms with Crippen LogP contribution < -0.4 is 0 Å². The summed E-state index contributed by atoms with van der Waals surface area (Å²) < 4.78 is 5.54. The lowest BCUT2D eigenvalue weighted by Crippen LogP contribution is -2.24. The fourth-order valence-electron chi connectivity index (χ4n) is 3.99. The van der Waals surface area contributed by atoms with Crippen LogP contribution in [0.2, 0.25) is 0 Å². The van der Waals surface area contributed by atoms with Crippen molar-refractivity contribution >= 4 is 0 Å². The molecule has 0 spiro atoms. The molecular weight excluding hydrogens is 308 g/mol. The number of unbranched alkanes of at least 4 members (excludes halogenated alkanes) is 15. The molecule has 150 valence electrons. The largest absolute Gasteiger partial charge is 0.390 e. The Bertz CT molecular complexity index is 261. The Labute approximate surface area is 158 Å². The first kappa shape index (κ1) is 23.0. The molecule has 1 aliphatic rings. The molecule has 2 nitrogen and oxygen atoms in total. The molecule has 1 saturated heterocycles. The molecule has 0 aromatic heterocycles. The van der Waals surface area contributed by atoms with Crippen LogP contribution in [0.5, 0.6) is 0 Å². The van der Waals surface area contributed by atoms with E-state index in [9.17, 15) is 5.11 Å². The third kappa shape index (κ3) is 13.7. The molecule has 0 bridgehead atoms. The third-order valence-corrected chi connectivity index (χ3v) is 5.75. The van der Waals surface area contributed by atoms with Gasteiger partial charge in [0.2, 0.25) is 0 Å². The van der Waals surface area contributed by atoms with Gasteiger partial charge < -0.3 is 9.84 Å². The van der Waals surface area contributed by atoms with E-state index >= 15 is 0 Å². The maximum atomic E-state index is 10.0. The number of hydrogen-bond acceptors (Lipinski definition) is 2. The lowest BCUT2D eigenvalue weighted by Gasteiger charge is -2.16. The maximum absolute atomic E-state index is 10.0. The Kier molecular flexibility index (Phi) is 15.9. The lowest BCUT2D eigenvalue weighted by molar-refractivity contribution is -0.00636. The fraction of sp³-hybridized carbons (Fsp3) is 1.00. The minimum absolute atomic E-state index is 0.136. The highest BCUT2D eigenvalue weighted by atomic mass is 16.5. The van der Waals surface area contributed by atoms with Crippen molar-refractivity contribution in [2.75, 3.05) is 6.61 Å². The highest BCUT2D eigenvalue weighted by molar-refractivity contribution is 4.73. The van der Waals surface area contributed by atoms with Crippen molar-refractivity contribution in [1.82, 2.24) is 0 Å². The molecule has 0 radical (unpaired) electrons. The first-order valence-electron chi connectivity index (χ1n) is 11.6. The molecule has 1 heterocycles. The molecule has 1 aliphatic heterocycles.